The molecule has 0 fully saturated rings. The van der Waals surface area contributed by atoms with Crippen molar-refractivity contribution in [3.8, 4) is 17.4 Å². The second kappa shape index (κ2) is 12.3. The van der Waals surface area contributed by atoms with E-state index in [4.69, 9.17) is 21.1 Å². The normalized spacial score (nSPS) is 11.3. The minimum Gasteiger partial charge on any atom is -0.497 e. The van der Waals surface area contributed by atoms with Crippen molar-refractivity contribution in [3.63, 3.8) is 0 Å². The van der Waals surface area contributed by atoms with Crippen LogP contribution in [0.1, 0.15) is 16.7 Å². The molecule has 7 nitrogen and oxygen atoms in total. The number of hydrogen-bond acceptors (Lipinski definition) is 6. The van der Waals surface area contributed by atoms with Crippen molar-refractivity contribution >= 4 is 35.2 Å². The molecule has 0 aliphatic heterocycles. The number of anilines is 2. The van der Waals surface area contributed by atoms with Crippen molar-refractivity contribution in [2.75, 3.05) is 17.7 Å². The minimum absolute atomic E-state index is 0.0291. The highest BCUT2D eigenvalue weighted by Crippen LogP contribution is 2.36. The first-order valence-electron chi connectivity index (χ1n) is 11.5. The standard InChI is InChI=1S/C28H22ClF3N4O3/c1-38-21-9-5-19(6-10-21)17-34-27-33-14-13-26(36-27)39-22-4-2-3-18(15-22)7-12-25(37)35-20-8-11-24(29)23(16-20)28(30,31)32/h2-16H,17H2,1H3,(H,35,37)(H,33,34,36)/b12-7+. The first-order valence-corrected chi connectivity index (χ1v) is 11.9. The molecule has 0 aliphatic rings. The van der Waals surface area contributed by atoms with Gasteiger partial charge in [-0.1, -0.05) is 35.9 Å². The lowest BCUT2D eigenvalue weighted by molar-refractivity contribution is -0.137. The van der Waals surface area contributed by atoms with Gasteiger partial charge in [-0.25, -0.2) is 4.98 Å². The lowest BCUT2D eigenvalue weighted by Crippen LogP contribution is -2.11. The average Bonchev–Trinajstić information content (AvgIpc) is 2.92. The molecular weight excluding hydrogens is 533 g/mol. The third kappa shape index (κ3) is 7.96. The summed E-state index contributed by atoms with van der Waals surface area (Å²) in [7, 11) is 1.61. The SMILES string of the molecule is COc1ccc(CNc2nccc(Oc3cccc(/C=C/C(=O)Nc4ccc(Cl)c(C(F)(F)F)c4)c3)n2)cc1. The van der Waals surface area contributed by atoms with E-state index in [1.54, 1.807) is 43.6 Å². The average molecular weight is 555 g/mol. The van der Waals surface area contributed by atoms with Crippen LogP contribution in [0.15, 0.2) is 85.1 Å². The molecule has 1 amide bonds. The molecule has 0 unspecified atom stereocenters. The largest absolute Gasteiger partial charge is 0.497 e. The summed E-state index contributed by atoms with van der Waals surface area (Å²) in [5.41, 5.74) is 0.589. The first-order chi connectivity index (χ1) is 18.7. The van der Waals surface area contributed by atoms with Crippen LogP contribution in [0.4, 0.5) is 24.8 Å². The van der Waals surface area contributed by atoms with Crippen LogP contribution >= 0.6 is 11.6 Å². The maximum absolute atomic E-state index is 13.0. The van der Waals surface area contributed by atoms with Gasteiger partial charge in [-0.3, -0.25) is 4.79 Å². The van der Waals surface area contributed by atoms with E-state index in [-0.39, 0.29) is 5.69 Å². The van der Waals surface area contributed by atoms with E-state index in [1.807, 2.05) is 24.3 Å². The molecule has 0 saturated carbocycles. The van der Waals surface area contributed by atoms with Crippen molar-refractivity contribution in [1.82, 2.24) is 9.97 Å². The molecule has 4 rings (SSSR count). The number of halogens is 4. The maximum Gasteiger partial charge on any atom is 0.417 e. The minimum atomic E-state index is -4.63. The monoisotopic (exact) mass is 554 g/mol. The summed E-state index contributed by atoms with van der Waals surface area (Å²) in [5, 5.41) is 5.08. The molecule has 0 aliphatic carbocycles. The van der Waals surface area contributed by atoms with Crippen LogP contribution in [0.2, 0.25) is 5.02 Å². The molecular formula is C28H22ClF3N4O3. The molecule has 0 atom stereocenters. The predicted octanol–water partition coefficient (Wildman–Crippen LogP) is 7.21. The molecule has 3 aromatic carbocycles. The van der Waals surface area contributed by atoms with Gasteiger partial charge >= 0.3 is 6.18 Å². The van der Waals surface area contributed by atoms with Crippen molar-refractivity contribution in [3.05, 3.63) is 107 Å². The number of nitrogens with zero attached hydrogens (tertiary/aromatic N) is 2. The second-order valence-corrected chi connectivity index (χ2v) is 8.52. The van der Waals surface area contributed by atoms with E-state index in [0.29, 0.717) is 29.7 Å². The summed E-state index contributed by atoms with van der Waals surface area (Å²) in [6.07, 6.45) is -0.365. The third-order valence-corrected chi connectivity index (χ3v) is 5.62. The van der Waals surface area contributed by atoms with Gasteiger partial charge in [-0.2, -0.15) is 18.2 Å². The van der Waals surface area contributed by atoms with Crippen LogP contribution in [0.3, 0.4) is 0 Å². The topological polar surface area (TPSA) is 85.4 Å². The smallest absolute Gasteiger partial charge is 0.417 e. The van der Waals surface area contributed by atoms with Gasteiger partial charge in [0.1, 0.15) is 11.5 Å². The predicted molar refractivity (Wildman–Crippen MR) is 143 cm³/mol. The lowest BCUT2D eigenvalue weighted by atomic mass is 10.2. The van der Waals surface area contributed by atoms with Gasteiger partial charge in [0.05, 0.1) is 17.7 Å². The number of aromatic nitrogens is 2. The number of hydrogen-bond donors (Lipinski definition) is 2. The zero-order valence-electron chi connectivity index (χ0n) is 20.5. The number of ether oxygens (including phenoxy) is 2. The molecule has 0 bridgehead atoms. The van der Waals surface area contributed by atoms with Crippen molar-refractivity contribution in [2.24, 2.45) is 0 Å². The fourth-order valence-corrected chi connectivity index (χ4v) is 3.61. The number of carbonyl (C=O) groups is 1. The summed E-state index contributed by atoms with van der Waals surface area (Å²) >= 11 is 5.62. The zero-order valence-corrected chi connectivity index (χ0v) is 21.3. The number of carbonyl (C=O) groups excluding carboxylic acids is 1. The number of amides is 1. The van der Waals surface area contributed by atoms with Crippen LogP contribution in [0, 0.1) is 0 Å². The molecule has 0 saturated heterocycles. The quantitative estimate of drug-likeness (QED) is 0.213. The Hall–Kier alpha value is -4.57. The number of nitrogens with one attached hydrogen (secondary N) is 2. The Morgan fingerprint density at radius 2 is 1.82 bits per heavy atom. The van der Waals surface area contributed by atoms with Crippen molar-refractivity contribution in [1.29, 1.82) is 0 Å². The molecule has 4 aromatic rings. The Balaban J connectivity index is 1.36. The highest BCUT2D eigenvalue weighted by molar-refractivity contribution is 6.31. The van der Waals surface area contributed by atoms with Gasteiger partial charge in [0.15, 0.2) is 0 Å². The number of alkyl halides is 3. The molecule has 2 N–H and O–H groups in total. The van der Waals surface area contributed by atoms with Crippen LogP contribution in [-0.2, 0) is 17.5 Å². The molecule has 39 heavy (non-hydrogen) atoms. The number of methoxy groups -OCH3 is 1. The molecule has 1 heterocycles. The highest BCUT2D eigenvalue weighted by Gasteiger charge is 2.33. The maximum atomic E-state index is 13.0. The van der Waals surface area contributed by atoms with Gasteiger partial charge in [0.2, 0.25) is 17.7 Å². The van der Waals surface area contributed by atoms with E-state index in [1.165, 1.54) is 18.2 Å². The second-order valence-electron chi connectivity index (χ2n) is 8.11. The van der Waals surface area contributed by atoms with Crippen LogP contribution < -0.4 is 20.1 Å². The zero-order chi connectivity index (χ0) is 27.8. The Labute approximate surface area is 227 Å². The lowest BCUT2D eigenvalue weighted by Gasteiger charge is -2.11. The summed E-state index contributed by atoms with van der Waals surface area (Å²) in [6.45, 7) is 0.503. The van der Waals surface area contributed by atoms with Crippen LogP contribution in [-0.4, -0.2) is 23.0 Å². The van der Waals surface area contributed by atoms with Crippen LogP contribution in [0.5, 0.6) is 17.4 Å². The molecule has 11 heteroatoms. The molecule has 200 valence electrons. The Bertz CT molecular complexity index is 1480. The Morgan fingerprint density at radius 3 is 2.56 bits per heavy atom. The van der Waals surface area contributed by atoms with Crippen LogP contribution in [0.25, 0.3) is 6.08 Å². The van der Waals surface area contributed by atoms with E-state index < -0.39 is 22.7 Å². The van der Waals surface area contributed by atoms with E-state index in [2.05, 4.69) is 20.6 Å². The summed E-state index contributed by atoms with van der Waals surface area (Å²) in [4.78, 5) is 20.8. The summed E-state index contributed by atoms with van der Waals surface area (Å²) in [5.74, 6) is 1.31. The van der Waals surface area contributed by atoms with Gasteiger partial charge in [0, 0.05) is 30.6 Å². The van der Waals surface area contributed by atoms with E-state index >= 15 is 0 Å². The summed E-state index contributed by atoms with van der Waals surface area (Å²) in [6, 6.07) is 19.2. The molecule has 0 radical (unpaired) electrons. The first kappa shape index (κ1) is 27.5. The Kier molecular flexibility index (Phi) is 8.67. The Morgan fingerprint density at radius 1 is 1.03 bits per heavy atom. The summed E-state index contributed by atoms with van der Waals surface area (Å²) < 4.78 is 50.1. The fraction of sp³-hybridized carbons (Fsp3) is 0.107. The number of benzene rings is 3. The number of rotatable bonds is 9. The highest BCUT2D eigenvalue weighted by atomic mass is 35.5. The van der Waals surface area contributed by atoms with Crippen molar-refractivity contribution < 1.29 is 27.4 Å². The van der Waals surface area contributed by atoms with E-state index in [0.717, 1.165) is 23.4 Å². The van der Waals surface area contributed by atoms with Gasteiger partial charge in [0.25, 0.3) is 0 Å². The van der Waals surface area contributed by atoms with Crippen molar-refractivity contribution in [2.45, 2.75) is 12.7 Å². The van der Waals surface area contributed by atoms with Gasteiger partial charge in [-0.15, -0.1) is 0 Å². The molecule has 0 spiro atoms. The van der Waals surface area contributed by atoms with Gasteiger partial charge < -0.3 is 20.1 Å². The fourth-order valence-electron chi connectivity index (χ4n) is 3.39. The van der Waals surface area contributed by atoms with Gasteiger partial charge in [-0.05, 0) is 59.7 Å². The van der Waals surface area contributed by atoms with E-state index in [9.17, 15) is 18.0 Å². The molecule has 1 aromatic heterocycles. The third-order valence-electron chi connectivity index (χ3n) is 5.29.